The van der Waals surface area contributed by atoms with Crippen LogP contribution in [0, 0.1) is 47.3 Å². The maximum atomic E-state index is 13.8. The van der Waals surface area contributed by atoms with Crippen molar-refractivity contribution in [1.29, 1.82) is 0 Å². The highest BCUT2D eigenvalue weighted by atomic mass is 16.6. The van der Waals surface area contributed by atoms with Crippen molar-refractivity contribution in [1.82, 2.24) is 31.9 Å². The molecule has 0 saturated carbocycles. The molecule has 0 unspecified atom stereocenters. The molecule has 1 aliphatic rings. The first-order valence-electron chi connectivity index (χ1n) is 26.0. The van der Waals surface area contributed by atoms with Gasteiger partial charge in [-0.2, -0.15) is 0 Å². The Balaban J connectivity index is 3.79. The average Bonchev–Trinajstić information content (AvgIpc) is 3.30. The fourth-order valence-corrected chi connectivity index (χ4v) is 7.13. The molecule has 1 aliphatic heterocycles. The van der Waals surface area contributed by atoms with E-state index in [-0.39, 0.29) is 0 Å². The molecule has 76 heavy (non-hydrogen) atoms. The van der Waals surface area contributed by atoms with Gasteiger partial charge < -0.3 is 60.3 Å². The highest BCUT2D eigenvalue weighted by molar-refractivity contribution is 5.95. The molecule has 0 aromatic rings. The Bertz CT molecular complexity index is 2060. The van der Waals surface area contributed by atoms with Crippen molar-refractivity contribution in [2.75, 3.05) is 0 Å². The van der Waals surface area contributed by atoms with Gasteiger partial charge in [0.15, 0.2) is 36.6 Å². The smallest absolute Gasteiger partial charge is 0.329 e. The van der Waals surface area contributed by atoms with Gasteiger partial charge in [0.2, 0.25) is 0 Å². The highest BCUT2D eigenvalue weighted by Crippen LogP contribution is 2.18. The molecule has 12 atom stereocenters. The molecule has 24 nitrogen and oxygen atoms in total. The van der Waals surface area contributed by atoms with Crippen LogP contribution in [-0.2, 0) is 86.0 Å². The fourth-order valence-electron chi connectivity index (χ4n) is 7.13. The van der Waals surface area contributed by atoms with Crippen molar-refractivity contribution in [2.45, 2.75) is 211 Å². The Morgan fingerprint density at radius 2 is 0.382 bits per heavy atom. The van der Waals surface area contributed by atoms with Crippen molar-refractivity contribution in [3.05, 3.63) is 0 Å². The second-order valence-corrected chi connectivity index (χ2v) is 21.9. The van der Waals surface area contributed by atoms with Crippen LogP contribution in [0.3, 0.4) is 0 Å². The zero-order valence-corrected chi connectivity index (χ0v) is 47.9. The number of amides is 6. The monoisotopic (exact) mass is 1080 g/mol. The van der Waals surface area contributed by atoms with Gasteiger partial charge in [-0.15, -0.1) is 0 Å². The molecular formula is C52H86N6O18. The second kappa shape index (κ2) is 30.4. The summed E-state index contributed by atoms with van der Waals surface area (Å²) in [5.41, 5.74) is 0. The minimum atomic E-state index is -1.55. The van der Waals surface area contributed by atoms with E-state index in [9.17, 15) is 57.5 Å². The highest BCUT2D eigenvalue weighted by Gasteiger charge is 2.41. The number of ether oxygens (including phenoxy) is 6. The first kappa shape index (κ1) is 67.7. The maximum Gasteiger partial charge on any atom is 0.329 e. The summed E-state index contributed by atoms with van der Waals surface area (Å²) < 4.78 is 33.1. The van der Waals surface area contributed by atoms with Gasteiger partial charge in [0, 0.05) is 0 Å². The summed E-state index contributed by atoms with van der Waals surface area (Å²) in [6.45, 7) is 30.1. The lowest BCUT2D eigenvalue weighted by Gasteiger charge is -2.30. The molecule has 0 aromatic carbocycles. The molecule has 0 aromatic heterocycles. The molecule has 0 aliphatic carbocycles. The van der Waals surface area contributed by atoms with Crippen LogP contribution in [0.15, 0.2) is 0 Å². The third-order valence-corrected chi connectivity index (χ3v) is 12.2. The summed E-state index contributed by atoms with van der Waals surface area (Å²) >= 11 is 0. The van der Waals surface area contributed by atoms with Crippen molar-refractivity contribution in [2.24, 2.45) is 47.3 Å². The standard InChI is InChI=1S/C52H86N6O18/c1-21(2)33-47(65)71-29(17)41(59)53-34(22(3)4)48(66)72-31(19)43(61)55-37(25(9)10)51(69)75-40(28(15)16)46(64)58-36(24(7)8)50(68)74-32(20)44(62)56-38(26(11)12)52(70)76-39(27(13)14)45(63)57-35(23(5)6)49(67)73-30(18)42(60)54-33/h21-40H,1-20H3,(H,53,59)(H,54,60)(H,55,61)(H,56,62)(H,57,63)(H,58,64)/t29-,30-,31-,32+,33-,34+,35+,36+,37-,38-,39+,40+/m0/s1. The van der Waals surface area contributed by atoms with Crippen LogP contribution in [0.5, 0.6) is 0 Å². The van der Waals surface area contributed by atoms with Crippen molar-refractivity contribution >= 4 is 71.3 Å². The summed E-state index contributed by atoms with van der Waals surface area (Å²) in [6, 6.07) is -8.35. The molecule has 6 N–H and O–H groups in total. The Morgan fingerprint density at radius 3 is 0.526 bits per heavy atom. The molecule has 6 amide bonds. The molecule has 1 saturated heterocycles. The van der Waals surface area contributed by atoms with Crippen LogP contribution in [0.1, 0.15) is 138 Å². The molecule has 1 fully saturated rings. The molecule has 1 heterocycles. The largest absolute Gasteiger partial charge is 0.451 e. The number of nitrogens with one attached hydrogen (secondary N) is 6. The third-order valence-electron chi connectivity index (χ3n) is 12.2. The second-order valence-electron chi connectivity index (χ2n) is 21.9. The normalized spacial score (nSPS) is 29.2. The van der Waals surface area contributed by atoms with E-state index in [0.717, 1.165) is 0 Å². The number of esters is 6. The van der Waals surface area contributed by atoms with Crippen LogP contribution in [0.2, 0.25) is 0 Å². The number of hydrogen-bond donors (Lipinski definition) is 6. The van der Waals surface area contributed by atoms with Crippen LogP contribution >= 0.6 is 0 Å². The lowest BCUT2D eigenvalue weighted by molar-refractivity contribution is -0.167. The maximum absolute atomic E-state index is 13.8. The van der Waals surface area contributed by atoms with Gasteiger partial charge in [0.1, 0.15) is 36.3 Å². The summed E-state index contributed by atoms with van der Waals surface area (Å²) in [7, 11) is 0. The molecule has 0 spiro atoms. The van der Waals surface area contributed by atoms with E-state index in [1.165, 1.54) is 27.7 Å². The lowest BCUT2D eigenvalue weighted by Crippen LogP contribution is -2.56. The van der Waals surface area contributed by atoms with Crippen LogP contribution < -0.4 is 31.9 Å². The fraction of sp³-hybridized carbons (Fsp3) is 0.769. The predicted octanol–water partition coefficient (Wildman–Crippen LogP) is 1.71. The Kier molecular flexibility index (Phi) is 27.1. The Hall–Kier alpha value is -6.36. The zero-order valence-electron chi connectivity index (χ0n) is 47.9. The van der Waals surface area contributed by atoms with Gasteiger partial charge in [-0.1, -0.05) is 111 Å². The topological polar surface area (TPSA) is 332 Å². The number of carbonyl (C=O) groups excluding carboxylic acids is 12. The SMILES string of the molecule is CC(C)[C@@H]1NC(=O)[C@H](C)OC(=O)[C@@H](C(C)C)NC(=O)[C@@H](C(C)C)OC(=O)[C@H](C(C)C)NC(=O)[C@@H](C)OC(=O)[C@@H](C(C)C)NC(=O)[C@@H](C(C)C)OC(=O)[C@H](C(C)C)NC(=O)[C@H](C)OC(=O)[C@@H](C(C)C)NC(=O)[C@H](C)OC1=O. The van der Waals surface area contributed by atoms with Gasteiger partial charge in [-0.3, -0.25) is 28.8 Å². The number of carbonyl (C=O) groups is 12. The van der Waals surface area contributed by atoms with E-state index < -0.39 is 191 Å². The van der Waals surface area contributed by atoms with Gasteiger partial charge in [-0.25, -0.2) is 28.8 Å². The first-order valence-corrected chi connectivity index (χ1v) is 26.0. The van der Waals surface area contributed by atoms with Crippen LogP contribution in [0.4, 0.5) is 0 Å². The first-order chi connectivity index (χ1) is 34.9. The Labute approximate surface area is 446 Å². The Morgan fingerprint density at radius 1 is 0.237 bits per heavy atom. The van der Waals surface area contributed by atoms with E-state index in [1.54, 1.807) is 111 Å². The van der Waals surface area contributed by atoms with E-state index >= 15 is 0 Å². The van der Waals surface area contributed by atoms with E-state index in [1.807, 2.05) is 0 Å². The number of rotatable bonds is 8. The van der Waals surface area contributed by atoms with E-state index in [4.69, 9.17) is 28.4 Å². The number of cyclic esters (lactones) is 6. The predicted molar refractivity (Wildman–Crippen MR) is 272 cm³/mol. The lowest BCUT2D eigenvalue weighted by atomic mass is 10.0. The molecule has 0 bridgehead atoms. The van der Waals surface area contributed by atoms with Gasteiger partial charge >= 0.3 is 35.8 Å². The quantitative estimate of drug-likeness (QED) is 0.149. The molecule has 24 heteroatoms. The molecular weight excluding hydrogens is 997 g/mol. The van der Waals surface area contributed by atoms with Crippen molar-refractivity contribution < 1.29 is 86.0 Å². The van der Waals surface area contributed by atoms with Gasteiger partial charge in [0.05, 0.1) is 0 Å². The van der Waals surface area contributed by atoms with Crippen molar-refractivity contribution in [3.8, 4) is 0 Å². The average molecular weight is 1080 g/mol. The minimum Gasteiger partial charge on any atom is -0.451 e. The summed E-state index contributed by atoms with van der Waals surface area (Å²) in [4.78, 5) is 163. The summed E-state index contributed by atoms with van der Waals surface area (Å²) in [6.07, 6.45) is -9.25. The van der Waals surface area contributed by atoms with Gasteiger partial charge in [-0.05, 0) is 75.0 Å². The van der Waals surface area contributed by atoms with E-state index in [2.05, 4.69) is 31.9 Å². The molecule has 432 valence electrons. The molecule has 0 radical (unpaired) electrons. The van der Waals surface area contributed by atoms with Crippen molar-refractivity contribution in [3.63, 3.8) is 0 Å². The third kappa shape index (κ3) is 20.3. The van der Waals surface area contributed by atoms with Crippen LogP contribution in [-0.4, -0.2) is 144 Å². The molecule has 1 rings (SSSR count). The zero-order chi connectivity index (χ0) is 59.0. The van der Waals surface area contributed by atoms with Gasteiger partial charge in [0.25, 0.3) is 35.4 Å². The minimum absolute atomic E-state index is 0.639. The summed E-state index contributed by atoms with van der Waals surface area (Å²) in [5, 5.41) is 15.0. The van der Waals surface area contributed by atoms with Crippen LogP contribution in [0.25, 0.3) is 0 Å². The summed E-state index contributed by atoms with van der Waals surface area (Å²) in [5.74, 6) is -17.1. The number of hydrogen-bond acceptors (Lipinski definition) is 18. The van der Waals surface area contributed by atoms with E-state index in [0.29, 0.717) is 0 Å².